The molecule has 0 aromatic heterocycles. The van der Waals surface area contributed by atoms with Crippen LogP contribution in [-0.2, 0) is 26.2 Å². The van der Waals surface area contributed by atoms with Crippen molar-refractivity contribution < 1.29 is 22.7 Å². The molecule has 41 heavy (non-hydrogen) atoms. The second-order valence-corrected chi connectivity index (χ2v) is 12.6. The number of benzene rings is 3. The van der Waals surface area contributed by atoms with Gasteiger partial charge >= 0.3 is 0 Å². The molecule has 3 rings (SSSR count). The molecule has 0 saturated carbocycles. The average molecular weight is 621 g/mol. The number of amides is 2. The van der Waals surface area contributed by atoms with E-state index in [4.69, 9.17) is 27.9 Å². The van der Waals surface area contributed by atoms with Crippen LogP contribution >= 0.6 is 23.2 Å². The number of carbonyl (C=O) groups is 2. The molecule has 0 aliphatic carbocycles. The van der Waals surface area contributed by atoms with E-state index in [0.29, 0.717) is 23.7 Å². The summed E-state index contributed by atoms with van der Waals surface area (Å²) in [5.74, 6) is -0.102. The fraction of sp³-hybridized carbons (Fsp3) is 0.333. The molecule has 0 saturated heterocycles. The van der Waals surface area contributed by atoms with E-state index in [9.17, 15) is 18.0 Å². The van der Waals surface area contributed by atoms with Gasteiger partial charge in [-0.05, 0) is 60.4 Å². The minimum absolute atomic E-state index is 0.0140. The van der Waals surface area contributed by atoms with E-state index in [1.807, 2.05) is 19.9 Å². The van der Waals surface area contributed by atoms with Crippen molar-refractivity contribution in [2.45, 2.75) is 44.7 Å². The predicted molar refractivity (Wildman–Crippen MR) is 163 cm³/mol. The summed E-state index contributed by atoms with van der Waals surface area (Å²) >= 11 is 12.6. The third-order valence-corrected chi connectivity index (χ3v) is 8.66. The largest absolute Gasteiger partial charge is 0.497 e. The molecule has 1 atom stereocenters. The van der Waals surface area contributed by atoms with Gasteiger partial charge in [0.1, 0.15) is 18.3 Å². The van der Waals surface area contributed by atoms with Crippen molar-refractivity contribution in [1.29, 1.82) is 0 Å². The van der Waals surface area contributed by atoms with Crippen LogP contribution in [-0.4, -0.2) is 51.4 Å². The summed E-state index contributed by atoms with van der Waals surface area (Å²) in [6.07, 6.45) is 0.312. The summed E-state index contributed by atoms with van der Waals surface area (Å²) in [6, 6.07) is 18.4. The van der Waals surface area contributed by atoms with Crippen LogP contribution < -0.4 is 14.4 Å². The highest BCUT2D eigenvalue weighted by molar-refractivity contribution is 7.92. The summed E-state index contributed by atoms with van der Waals surface area (Å²) in [4.78, 5) is 28.8. The van der Waals surface area contributed by atoms with Crippen molar-refractivity contribution in [1.82, 2.24) is 10.2 Å². The Kier molecular flexibility index (Phi) is 11.5. The number of rotatable bonds is 13. The van der Waals surface area contributed by atoms with Crippen LogP contribution in [0.5, 0.6) is 5.75 Å². The number of halogens is 2. The standard InChI is InChI=1S/C30H35Cl2N3O5S/c1-5-27(30(37)33-18-21(2)3)34(19-22-10-9-11-24(16-22)40-4)29(36)20-35(28-15-14-23(31)17-26(28)32)41(38,39)25-12-7-6-8-13-25/h6-17,21,27H,5,18-20H2,1-4H3,(H,33,37). The van der Waals surface area contributed by atoms with Crippen molar-refractivity contribution in [2.24, 2.45) is 5.92 Å². The number of hydrogen-bond acceptors (Lipinski definition) is 5. The first-order chi connectivity index (χ1) is 19.5. The minimum atomic E-state index is -4.24. The highest BCUT2D eigenvalue weighted by atomic mass is 35.5. The smallest absolute Gasteiger partial charge is 0.264 e. The summed E-state index contributed by atoms with van der Waals surface area (Å²) in [5, 5.41) is 3.28. The Morgan fingerprint density at radius 2 is 1.68 bits per heavy atom. The molecule has 0 aliphatic heterocycles. The average Bonchev–Trinajstić information content (AvgIpc) is 2.95. The van der Waals surface area contributed by atoms with Crippen LogP contribution in [0.1, 0.15) is 32.8 Å². The van der Waals surface area contributed by atoms with Crippen LogP contribution in [0.4, 0.5) is 5.69 Å². The predicted octanol–water partition coefficient (Wildman–Crippen LogP) is 5.78. The molecule has 3 aromatic rings. The Labute approximate surface area is 252 Å². The topological polar surface area (TPSA) is 96.0 Å². The van der Waals surface area contributed by atoms with Crippen molar-refractivity contribution >= 4 is 50.7 Å². The summed E-state index contributed by atoms with van der Waals surface area (Å²) < 4.78 is 34.1. The molecule has 0 spiro atoms. The van der Waals surface area contributed by atoms with Gasteiger partial charge in [0.2, 0.25) is 11.8 Å². The highest BCUT2D eigenvalue weighted by Crippen LogP contribution is 2.33. The third kappa shape index (κ3) is 8.38. The lowest BCUT2D eigenvalue weighted by molar-refractivity contribution is -0.140. The number of hydrogen-bond donors (Lipinski definition) is 1. The van der Waals surface area contributed by atoms with E-state index in [-0.39, 0.29) is 34.0 Å². The van der Waals surface area contributed by atoms with Crippen molar-refractivity contribution in [3.63, 3.8) is 0 Å². The molecular formula is C30H35Cl2N3O5S. The Morgan fingerprint density at radius 1 is 0.976 bits per heavy atom. The molecule has 0 bridgehead atoms. The van der Waals surface area contributed by atoms with Crippen molar-refractivity contribution in [3.8, 4) is 5.75 Å². The van der Waals surface area contributed by atoms with E-state index in [1.165, 1.54) is 35.2 Å². The zero-order valence-electron chi connectivity index (χ0n) is 23.5. The summed E-state index contributed by atoms with van der Waals surface area (Å²) in [6.45, 7) is 5.64. The number of carbonyl (C=O) groups excluding carboxylic acids is 2. The van der Waals surface area contributed by atoms with Crippen molar-refractivity contribution in [2.75, 3.05) is 24.5 Å². The van der Waals surface area contributed by atoms with Crippen LogP contribution in [0, 0.1) is 5.92 Å². The van der Waals surface area contributed by atoms with Crippen LogP contribution in [0.15, 0.2) is 77.7 Å². The molecule has 0 fully saturated rings. The third-order valence-electron chi connectivity index (χ3n) is 6.35. The number of anilines is 1. The first-order valence-electron chi connectivity index (χ1n) is 13.2. The normalized spacial score (nSPS) is 12.1. The van der Waals surface area contributed by atoms with Crippen molar-refractivity contribution in [3.05, 3.63) is 88.4 Å². The Hall–Kier alpha value is -3.27. The van der Waals surface area contributed by atoms with Gasteiger partial charge in [0.05, 0.1) is 22.7 Å². The second-order valence-electron chi connectivity index (χ2n) is 9.86. The minimum Gasteiger partial charge on any atom is -0.497 e. The zero-order chi connectivity index (χ0) is 30.2. The monoisotopic (exact) mass is 619 g/mol. The van der Waals surface area contributed by atoms with E-state index in [1.54, 1.807) is 50.4 Å². The zero-order valence-corrected chi connectivity index (χ0v) is 25.8. The lowest BCUT2D eigenvalue weighted by Crippen LogP contribution is -2.52. The van der Waals surface area contributed by atoms with Crippen LogP contribution in [0.3, 0.4) is 0 Å². The van der Waals surface area contributed by atoms with E-state index >= 15 is 0 Å². The number of sulfonamides is 1. The molecular weight excluding hydrogens is 585 g/mol. The number of ether oxygens (including phenoxy) is 1. The molecule has 8 nitrogen and oxygen atoms in total. The molecule has 0 heterocycles. The molecule has 3 aromatic carbocycles. The maximum Gasteiger partial charge on any atom is 0.264 e. The number of methoxy groups -OCH3 is 1. The summed E-state index contributed by atoms with van der Waals surface area (Å²) in [5.41, 5.74) is 0.807. The molecule has 1 unspecified atom stereocenters. The highest BCUT2D eigenvalue weighted by Gasteiger charge is 2.34. The second kappa shape index (κ2) is 14.6. The first-order valence-corrected chi connectivity index (χ1v) is 15.4. The van der Waals surface area contributed by atoms with Crippen LogP contribution in [0.2, 0.25) is 10.0 Å². The fourth-order valence-corrected chi connectivity index (χ4v) is 6.24. The molecule has 0 radical (unpaired) electrons. The Balaban J connectivity index is 2.08. The Bertz CT molecular complexity index is 1450. The van der Waals surface area contributed by atoms with Gasteiger partial charge < -0.3 is 15.0 Å². The van der Waals surface area contributed by atoms with Gasteiger partial charge in [-0.2, -0.15) is 0 Å². The molecule has 1 N–H and O–H groups in total. The fourth-order valence-electron chi connectivity index (χ4n) is 4.23. The van der Waals surface area contributed by atoms with E-state index < -0.39 is 28.5 Å². The van der Waals surface area contributed by atoms with Gasteiger partial charge in [-0.15, -0.1) is 0 Å². The van der Waals surface area contributed by atoms with Gasteiger partial charge in [-0.25, -0.2) is 8.42 Å². The molecule has 0 aliphatic rings. The lowest BCUT2D eigenvalue weighted by atomic mass is 10.1. The first kappa shape index (κ1) is 32.2. The molecule has 220 valence electrons. The van der Waals surface area contributed by atoms with Gasteiger partial charge in [-0.1, -0.05) is 74.3 Å². The van der Waals surface area contributed by atoms with E-state index in [2.05, 4.69) is 5.32 Å². The quantitative estimate of drug-likeness (QED) is 0.262. The SMILES string of the molecule is CCC(C(=O)NCC(C)C)N(Cc1cccc(OC)c1)C(=O)CN(c1ccc(Cl)cc1Cl)S(=O)(=O)c1ccccc1. The van der Waals surface area contributed by atoms with Crippen LogP contribution in [0.25, 0.3) is 0 Å². The molecule has 11 heteroatoms. The number of nitrogens with one attached hydrogen (secondary N) is 1. The van der Waals surface area contributed by atoms with Gasteiger partial charge in [0.25, 0.3) is 10.0 Å². The number of nitrogens with zero attached hydrogens (tertiary/aromatic N) is 2. The Morgan fingerprint density at radius 3 is 2.29 bits per heavy atom. The lowest BCUT2D eigenvalue weighted by Gasteiger charge is -2.33. The maximum atomic E-state index is 14.1. The molecule has 2 amide bonds. The van der Waals surface area contributed by atoms with Gasteiger partial charge in [0.15, 0.2) is 0 Å². The summed E-state index contributed by atoms with van der Waals surface area (Å²) in [7, 11) is -2.70. The van der Waals surface area contributed by atoms with E-state index in [0.717, 1.165) is 9.87 Å². The van der Waals surface area contributed by atoms with Gasteiger partial charge in [-0.3, -0.25) is 13.9 Å². The van der Waals surface area contributed by atoms with Gasteiger partial charge in [0, 0.05) is 18.1 Å². The maximum absolute atomic E-state index is 14.1.